The Hall–Kier alpha value is -1.86. The molecule has 0 bridgehead atoms. The van der Waals surface area contributed by atoms with E-state index in [4.69, 9.17) is 4.74 Å². The van der Waals surface area contributed by atoms with Crippen molar-refractivity contribution in [3.8, 4) is 5.75 Å². The zero-order chi connectivity index (χ0) is 22.5. The summed E-state index contributed by atoms with van der Waals surface area (Å²) in [6.07, 6.45) is 8.35. The molecule has 2 heterocycles. The normalized spacial score (nSPS) is 22.1. The van der Waals surface area contributed by atoms with Crippen molar-refractivity contribution in [3.63, 3.8) is 0 Å². The molecule has 1 saturated carbocycles. The number of pyridine rings is 1. The molecule has 1 saturated heterocycles. The first-order chi connectivity index (χ1) is 15.5. The Bertz CT molecular complexity index is 937. The molecule has 1 aliphatic heterocycles. The molecule has 2 aromatic rings. The van der Waals surface area contributed by atoms with Gasteiger partial charge in [-0.1, -0.05) is 6.42 Å². The number of methoxy groups -OCH3 is 1. The van der Waals surface area contributed by atoms with E-state index in [0.29, 0.717) is 24.3 Å². The van der Waals surface area contributed by atoms with Gasteiger partial charge in [0.2, 0.25) is 0 Å². The van der Waals surface area contributed by atoms with Crippen LogP contribution in [0.3, 0.4) is 0 Å². The fraction of sp³-hybridized carbons (Fsp3) is 0.600. The molecule has 174 valence electrons. The van der Waals surface area contributed by atoms with Crippen molar-refractivity contribution >= 4 is 28.6 Å². The third-order valence-electron chi connectivity index (χ3n) is 7.11. The Balaban J connectivity index is 1.33. The average Bonchev–Trinajstić information content (AvgIpc) is 2.77. The topological polar surface area (TPSA) is 62.7 Å². The highest BCUT2D eigenvalue weighted by molar-refractivity contribution is 7.99. The van der Waals surface area contributed by atoms with Crippen molar-refractivity contribution in [2.75, 3.05) is 32.5 Å². The highest BCUT2D eigenvalue weighted by Gasteiger charge is 2.34. The first kappa shape index (κ1) is 23.3. The molecule has 7 heteroatoms. The van der Waals surface area contributed by atoms with Crippen LogP contribution in [-0.4, -0.2) is 58.7 Å². The largest absolute Gasteiger partial charge is 0.497 e. The standard InChI is InChI=1S/C25H33FN2O3S/c1-31-18-8-9-24-21(14-18)20(23(26)15-27-24)7-2-4-17-10-11-28(16-22(17)25(29)30)12-13-32-19-5-3-6-19/h8-9,14-15,17,19,22H,2-7,10-13,16H2,1H3,(H,29,30). The number of carbonyl (C=O) groups is 1. The number of rotatable bonds is 10. The summed E-state index contributed by atoms with van der Waals surface area (Å²) in [5.74, 6) is 0.584. The number of likely N-dealkylation sites (tertiary alicyclic amines) is 1. The number of benzene rings is 1. The molecule has 0 spiro atoms. The predicted molar refractivity (Wildman–Crippen MR) is 127 cm³/mol. The number of hydrogen-bond donors (Lipinski definition) is 1. The molecule has 2 aliphatic rings. The number of aromatic nitrogens is 1. The number of fused-ring (bicyclic) bond motifs is 1. The second-order valence-electron chi connectivity index (χ2n) is 9.08. The number of aryl methyl sites for hydroxylation is 1. The number of hydrogen-bond acceptors (Lipinski definition) is 5. The maximum Gasteiger partial charge on any atom is 0.308 e. The Morgan fingerprint density at radius 2 is 2.19 bits per heavy atom. The summed E-state index contributed by atoms with van der Waals surface area (Å²) in [6, 6.07) is 5.50. The molecule has 0 radical (unpaired) electrons. The molecule has 2 fully saturated rings. The summed E-state index contributed by atoms with van der Waals surface area (Å²) in [5.41, 5.74) is 1.39. The summed E-state index contributed by atoms with van der Waals surface area (Å²) in [4.78, 5) is 18.5. The highest BCUT2D eigenvalue weighted by atomic mass is 32.2. The number of carboxylic acids is 1. The smallest absolute Gasteiger partial charge is 0.308 e. The van der Waals surface area contributed by atoms with Crippen LogP contribution in [0.2, 0.25) is 0 Å². The lowest BCUT2D eigenvalue weighted by Gasteiger charge is -2.37. The molecule has 1 N–H and O–H groups in total. The summed E-state index contributed by atoms with van der Waals surface area (Å²) in [5, 5.41) is 11.4. The maximum absolute atomic E-state index is 14.6. The third-order valence-corrected chi connectivity index (χ3v) is 8.47. The minimum Gasteiger partial charge on any atom is -0.497 e. The SMILES string of the molecule is COc1ccc2ncc(F)c(CCCC3CCN(CCSC4CCC4)CC3C(=O)O)c2c1. The van der Waals surface area contributed by atoms with E-state index in [2.05, 4.69) is 9.88 Å². The molecule has 1 aromatic heterocycles. The van der Waals surface area contributed by atoms with E-state index in [0.717, 1.165) is 54.3 Å². The van der Waals surface area contributed by atoms with Gasteiger partial charge in [-0.3, -0.25) is 9.78 Å². The molecule has 4 rings (SSSR count). The Morgan fingerprint density at radius 1 is 1.34 bits per heavy atom. The van der Waals surface area contributed by atoms with E-state index >= 15 is 0 Å². The van der Waals surface area contributed by atoms with E-state index in [-0.39, 0.29) is 17.7 Å². The first-order valence-corrected chi connectivity index (χ1v) is 12.8. The van der Waals surface area contributed by atoms with Crippen LogP contribution < -0.4 is 4.74 Å². The van der Waals surface area contributed by atoms with Crippen LogP contribution in [0.25, 0.3) is 10.9 Å². The Morgan fingerprint density at radius 3 is 2.91 bits per heavy atom. The minimum atomic E-state index is -0.698. The summed E-state index contributed by atoms with van der Waals surface area (Å²) in [7, 11) is 1.60. The van der Waals surface area contributed by atoms with Crippen LogP contribution in [0.4, 0.5) is 4.39 Å². The number of aliphatic carboxylic acids is 1. The van der Waals surface area contributed by atoms with Crippen LogP contribution in [0.1, 0.15) is 44.1 Å². The zero-order valence-corrected chi connectivity index (χ0v) is 19.6. The van der Waals surface area contributed by atoms with Gasteiger partial charge in [0.15, 0.2) is 0 Å². The second-order valence-corrected chi connectivity index (χ2v) is 10.5. The molecule has 2 atom stereocenters. The molecule has 0 amide bonds. The van der Waals surface area contributed by atoms with Gasteiger partial charge in [-0.25, -0.2) is 4.39 Å². The lowest BCUT2D eigenvalue weighted by atomic mass is 9.81. The molecule has 5 nitrogen and oxygen atoms in total. The van der Waals surface area contributed by atoms with E-state index in [1.165, 1.54) is 25.5 Å². The van der Waals surface area contributed by atoms with Gasteiger partial charge < -0.3 is 14.7 Å². The van der Waals surface area contributed by atoms with Crippen molar-refractivity contribution in [2.45, 2.75) is 50.2 Å². The molecule has 32 heavy (non-hydrogen) atoms. The van der Waals surface area contributed by atoms with Crippen LogP contribution >= 0.6 is 11.8 Å². The molecular formula is C25H33FN2O3S. The monoisotopic (exact) mass is 460 g/mol. The number of nitrogens with zero attached hydrogens (tertiary/aromatic N) is 2. The second kappa shape index (κ2) is 10.8. The van der Waals surface area contributed by atoms with Gasteiger partial charge in [0.1, 0.15) is 11.6 Å². The fourth-order valence-electron chi connectivity index (χ4n) is 4.91. The summed E-state index contributed by atoms with van der Waals surface area (Å²) >= 11 is 2.04. The molecular weight excluding hydrogens is 427 g/mol. The number of halogens is 1. The van der Waals surface area contributed by atoms with Crippen LogP contribution in [0, 0.1) is 17.7 Å². The van der Waals surface area contributed by atoms with Gasteiger partial charge in [-0.15, -0.1) is 0 Å². The van der Waals surface area contributed by atoms with E-state index in [1.54, 1.807) is 7.11 Å². The van der Waals surface area contributed by atoms with Crippen molar-refractivity contribution in [2.24, 2.45) is 11.8 Å². The van der Waals surface area contributed by atoms with Crippen molar-refractivity contribution in [3.05, 3.63) is 35.8 Å². The van der Waals surface area contributed by atoms with Crippen molar-refractivity contribution in [1.82, 2.24) is 9.88 Å². The number of piperidine rings is 1. The van der Waals surface area contributed by atoms with Crippen molar-refractivity contribution < 1.29 is 19.0 Å². The quantitative estimate of drug-likeness (QED) is 0.538. The summed E-state index contributed by atoms with van der Waals surface area (Å²) < 4.78 is 19.9. The van der Waals surface area contributed by atoms with Gasteiger partial charge in [0.05, 0.1) is 24.7 Å². The van der Waals surface area contributed by atoms with Crippen LogP contribution in [0.5, 0.6) is 5.75 Å². The number of carboxylic acid groups (broad SMARTS) is 1. The number of thioether (sulfide) groups is 1. The number of ether oxygens (including phenoxy) is 1. The van der Waals surface area contributed by atoms with E-state index in [9.17, 15) is 14.3 Å². The van der Waals surface area contributed by atoms with E-state index < -0.39 is 5.97 Å². The third kappa shape index (κ3) is 5.54. The zero-order valence-electron chi connectivity index (χ0n) is 18.8. The first-order valence-electron chi connectivity index (χ1n) is 11.7. The van der Waals surface area contributed by atoms with Gasteiger partial charge in [0.25, 0.3) is 0 Å². The lowest BCUT2D eigenvalue weighted by molar-refractivity contribution is -0.146. The molecule has 2 unspecified atom stereocenters. The highest BCUT2D eigenvalue weighted by Crippen LogP contribution is 2.33. The molecule has 1 aromatic carbocycles. The average molecular weight is 461 g/mol. The van der Waals surface area contributed by atoms with Gasteiger partial charge >= 0.3 is 5.97 Å². The van der Waals surface area contributed by atoms with Gasteiger partial charge in [-0.05, 0) is 74.8 Å². The van der Waals surface area contributed by atoms with Gasteiger partial charge in [-0.2, -0.15) is 11.8 Å². The lowest BCUT2D eigenvalue weighted by Crippen LogP contribution is -2.44. The van der Waals surface area contributed by atoms with Crippen LogP contribution in [-0.2, 0) is 11.2 Å². The Labute approximate surface area is 193 Å². The van der Waals surface area contributed by atoms with Crippen molar-refractivity contribution in [1.29, 1.82) is 0 Å². The molecule has 1 aliphatic carbocycles. The van der Waals surface area contributed by atoms with Gasteiger partial charge in [0, 0.05) is 29.5 Å². The summed E-state index contributed by atoms with van der Waals surface area (Å²) in [6.45, 7) is 2.58. The Kier molecular flexibility index (Phi) is 7.89. The van der Waals surface area contributed by atoms with E-state index in [1.807, 2.05) is 30.0 Å². The maximum atomic E-state index is 14.6. The minimum absolute atomic E-state index is 0.147. The van der Waals surface area contributed by atoms with Crippen LogP contribution in [0.15, 0.2) is 24.4 Å². The predicted octanol–water partition coefficient (Wildman–Crippen LogP) is 5.01. The fourth-order valence-corrected chi connectivity index (χ4v) is 6.27.